The lowest BCUT2D eigenvalue weighted by Crippen LogP contribution is -2.49. The van der Waals surface area contributed by atoms with Crippen molar-refractivity contribution >= 4 is 11.8 Å². The molecule has 0 saturated heterocycles. The third-order valence-corrected chi connectivity index (χ3v) is 4.99. The Morgan fingerprint density at radius 3 is 2.70 bits per heavy atom. The Morgan fingerprint density at radius 2 is 1.93 bits per heavy atom. The molecule has 2 aliphatic heterocycles. The SMILES string of the molecule is CC(C)[C@H](C(=O)NCc1ccc2c(c1)OCO2)N1Cc2ccccc2C1=O. The quantitative estimate of drug-likeness (QED) is 0.884. The number of carbonyl (C=O) groups excluding carboxylic acids is 2. The Kier molecular flexibility index (Phi) is 4.48. The molecule has 2 aromatic rings. The molecule has 2 aromatic carbocycles. The molecule has 2 heterocycles. The molecule has 0 aliphatic carbocycles. The van der Waals surface area contributed by atoms with Crippen molar-refractivity contribution in [1.82, 2.24) is 10.2 Å². The van der Waals surface area contributed by atoms with Crippen molar-refractivity contribution in [2.24, 2.45) is 5.92 Å². The number of hydrogen-bond donors (Lipinski definition) is 1. The van der Waals surface area contributed by atoms with Crippen LogP contribution in [0.5, 0.6) is 11.5 Å². The predicted molar refractivity (Wildman–Crippen MR) is 99.4 cm³/mol. The highest BCUT2D eigenvalue weighted by Gasteiger charge is 2.37. The van der Waals surface area contributed by atoms with E-state index in [0.29, 0.717) is 30.2 Å². The van der Waals surface area contributed by atoms with Gasteiger partial charge in [-0.25, -0.2) is 0 Å². The van der Waals surface area contributed by atoms with Crippen molar-refractivity contribution in [3.8, 4) is 11.5 Å². The zero-order valence-corrected chi connectivity index (χ0v) is 15.4. The molecular weight excluding hydrogens is 344 g/mol. The van der Waals surface area contributed by atoms with Gasteiger partial charge in [0.05, 0.1) is 0 Å². The Hall–Kier alpha value is -3.02. The monoisotopic (exact) mass is 366 g/mol. The van der Waals surface area contributed by atoms with Gasteiger partial charge in [-0.15, -0.1) is 0 Å². The molecule has 1 atom stereocenters. The summed E-state index contributed by atoms with van der Waals surface area (Å²) in [5.74, 6) is 1.17. The summed E-state index contributed by atoms with van der Waals surface area (Å²) in [6, 6.07) is 12.6. The lowest BCUT2D eigenvalue weighted by Gasteiger charge is -2.30. The van der Waals surface area contributed by atoms with Gasteiger partial charge >= 0.3 is 0 Å². The molecule has 27 heavy (non-hydrogen) atoms. The fourth-order valence-electron chi connectivity index (χ4n) is 3.65. The predicted octanol–water partition coefficient (Wildman–Crippen LogP) is 2.71. The molecule has 0 saturated carbocycles. The summed E-state index contributed by atoms with van der Waals surface area (Å²) in [6.07, 6.45) is 0. The Bertz CT molecular complexity index is 894. The zero-order valence-electron chi connectivity index (χ0n) is 15.4. The van der Waals surface area contributed by atoms with Crippen LogP contribution >= 0.6 is 0 Å². The molecule has 0 unspecified atom stereocenters. The minimum absolute atomic E-state index is 0.0000150. The number of rotatable bonds is 5. The first-order valence-corrected chi connectivity index (χ1v) is 9.09. The van der Waals surface area contributed by atoms with Crippen LogP contribution in [0.1, 0.15) is 35.3 Å². The highest BCUT2D eigenvalue weighted by molar-refractivity contribution is 6.01. The lowest BCUT2D eigenvalue weighted by molar-refractivity contribution is -0.127. The van der Waals surface area contributed by atoms with E-state index >= 15 is 0 Å². The van der Waals surface area contributed by atoms with Gasteiger partial charge in [-0.1, -0.05) is 38.1 Å². The van der Waals surface area contributed by atoms with E-state index in [1.807, 2.05) is 56.3 Å². The minimum atomic E-state index is -0.515. The molecule has 0 fully saturated rings. The van der Waals surface area contributed by atoms with Crippen molar-refractivity contribution in [2.75, 3.05) is 6.79 Å². The van der Waals surface area contributed by atoms with Gasteiger partial charge in [-0.2, -0.15) is 0 Å². The van der Waals surface area contributed by atoms with Crippen LogP contribution in [0.15, 0.2) is 42.5 Å². The van der Waals surface area contributed by atoms with Crippen LogP contribution in [0, 0.1) is 5.92 Å². The Balaban J connectivity index is 1.46. The molecule has 0 bridgehead atoms. The summed E-state index contributed by atoms with van der Waals surface area (Å²) in [6.45, 7) is 4.98. The maximum absolute atomic E-state index is 12.9. The average molecular weight is 366 g/mol. The van der Waals surface area contributed by atoms with Crippen LogP contribution in [0.2, 0.25) is 0 Å². The van der Waals surface area contributed by atoms with Gasteiger partial charge in [0, 0.05) is 18.7 Å². The Labute approximate surface area is 158 Å². The number of benzene rings is 2. The molecular formula is C21H22N2O4. The maximum atomic E-state index is 12.9. The highest BCUT2D eigenvalue weighted by atomic mass is 16.7. The molecule has 2 amide bonds. The van der Waals surface area contributed by atoms with Crippen LogP contribution in [0.3, 0.4) is 0 Å². The van der Waals surface area contributed by atoms with E-state index in [9.17, 15) is 9.59 Å². The van der Waals surface area contributed by atoms with Gasteiger partial charge in [-0.05, 0) is 35.2 Å². The second kappa shape index (κ2) is 6.95. The third kappa shape index (κ3) is 3.23. The van der Waals surface area contributed by atoms with Gasteiger partial charge in [-0.3, -0.25) is 9.59 Å². The Morgan fingerprint density at radius 1 is 1.15 bits per heavy atom. The maximum Gasteiger partial charge on any atom is 0.255 e. The standard InChI is InChI=1S/C21H22N2O4/c1-13(2)19(23-11-15-5-3-4-6-16(15)21(23)25)20(24)22-10-14-7-8-17-18(9-14)27-12-26-17/h3-9,13,19H,10-12H2,1-2H3,(H,22,24)/t19-/m1/s1. The molecule has 2 aliphatic rings. The first kappa shape index (κ1) is 17.4. The van der Waals surface area contributed by atoms with Crippen molar-refractivity contribution in [1.29, 1.82) is 0 Å². The third-order valence-electron chi connectivity index (χ3n) is 4.99. The molecule has 0 radical (unpaired) electrons. The van der Waals surface area contributed by atoms with E-state index < -0.39 is 6.04 Å². The van der Waals surface area contributed by atoms with Crippen LogP contribution < -0.4 is 14.8 Å². The summed E-state index contributed by atoms with van der Waals surface area (Å²) >= 11 is 0. The van der Waals surface area contributed by atoms with Crippen molar-refractivity contribution in [2.45, 2.75) is 33.0 Å². The summed E-state index contributed by atoms with van der Waals surface area (Å²) in [4.78, 5) is 27.4. The topological polar surface area (TPSA) is 67.9 Å². The van der Waals surface area contributed by atoms with Gasteiger partial charge < -0.3 is 19.7 Å². The summed E-state index contributed by atoms with van der Waals surface area (Å²) in [5.41, 5.74) is 2.58. The smallest absolute Gasteiger partial charge is 0.255 e. The number of nitrogens with one attached hydrogen (secondary N) is 1. The van der Waals surface area contributed by atoms with Crippen molar-refractivity contribution in [3.05, 3.63) is 59.2 Å². The molecule has 140 valence electrons. The number of hydrogen-bond acceptors (Lipinski definition) is 4. The van der Waals surface area contributed by atoms with Crippen molar-refractivity contribution in [3.63, 3.8) is 0 Å². The van der Waals surface area contributed by atoms with E-state index in [0.717, 1.165) is 11.1 Å². The van der Waals surface area contributed by atoms with Gasteiger partial charge in [0.1, 0.15) is 6.04 Å². The van der Waals surface area contributed by atoms with Crippen LogP contribution in [0.25, 0.3) is 0 Å². The molecule has 6 nitrogen and oxygen atoms in total. The van der Waals surface area contributed by atoms with Crippen LogP contribution in [-0.4, -0.2) is 29.5 Å². The second-order valence-corrected chi connectivity index (χ2v) is 7.18. The fourth-order valence-corrected chi connectivity index (χ4v) is 3.65. The number of amides is 2. The lowest BCUT2D eigenvalue weighted by atomic mass is 10.0. The second-order valence-electron chi connectivity index (χ2n) is 7.18. The zero-order chi connectivity index (χ0) is 19.0. The highest BCUT2D eigenvalue weighted by Crippen LogP contribution is 2.32. The van der Waals surface area contributed by atoms with Crippen molar-refractivity contribution < 1.29 is 19.1 Å². The number of fused-ring (bicyclic) bond motifs is 2. The number of nitrogens with zero attached hydrogens (tertiary/aromatic N) is 1. The number of carbonyl (C=O) groups is 2. The average Bonchev–Trinajstić information content (AvgIpc) is 3.25. The summed E-state index contributed by atoms with van der Waals surface area (Å²) in [5, 5.41) is 2.97. The summed E-state index contributed by atoms with van der Waals surface area (Å²) < 4.78 is 10.7. The molecule has 4 rings (SSSR count). The van der Waals surface area contributed by atoms with E-state index in [-0.39, 0.29) is 24.5 Å². The van der Waals surface area contributed by atoms with Crippen LogP contribution in [-0.2, 0) is 17.9 Å². The molecule has 0 spiro atoms. The number of ether oxygens (including phenoxy) is 2. The largest absolute Gasteiger partial charge is 0.454 e. The molecule has 6 heteroatoms. The molecule has 0 aromatic heterocycles. The van der Waals surface area contributed by atoms with E-state index in [4.69, 9.17) is 9.47 Å². The minimum Gasteiger partial charge on any atom is -0.454 e. The van der Waals surface area contributed by atoms with Gasteiger partial charge in [0.15, 0.2) is 11.5 Å². The normalized spacial score (nSPS) is 15.8. The van der Waals surface area contributed by atoms with Crippen LogP contribution in [0.4, 0.5) is 0 Å². The fraction of sp³-hybridized carbons (Fsp3) is 0.333. The van der Waals surface area contributed by atoms with E-state index in [2.05, 4.69) is 5.32 Å². The first-order chi connectivity index (χ1) is 13.0. The first-order valence-electron chi connectivity index (χ1n) is 9.09. The van der Waals surface area contributed by atoms with E-state index in [1.165, 1.54) is 0 Å². The van der Waals surface area contributed by atoms with Gasteiger partial charge in [0.2, 0.25) is 12.7 Å². The van der Waals surface area contributed by atoms with Gasteiger partial charge in [0.25, 0.3) is 5.91 Å². The molecule has 1 N–H and O–H groups in total. The summed E-state index contributed by atoms with van der Waals surface area (Å²) in [7, 11) is 0. The van der Waals surface area contributed by atoms with E-state index in [1.54, 1.807) is 4.90 Å².